The monoisotopic (exact) mass is 420 g/mol. The molecule has 3 heterocycles. The number of halogens is 3. The maximum absolute atomic E-state index is 12.7. The molecule has 3 rings (SSSR count). The maximum atomic E-state index is 12.7. The summed E-state index contributed by atoms with van der Waals surface area (Å²) < 4.78 is 43.5. The summed E-state index contributed by atoms with van der Waals surface area (Å²) in [6, 6.07) is 5.89. The molecule has 0 spiro atoms. The predicted octanol–water partition coefficient (Wildman–Crippen LogP) is 5.26. The first kappa shape index (κ1) is 21.6. The van der Waals surface area contributed by atoms with E-state index in [2.05, 4.69) is 15.3 Å². The van der Waals surface area contributed by atoms with Crippen LogP contribution in [0, 0.1) is 0 Å². The Morgan fingerprint density at radius 1 is 1.17 bits per heavy atom. The molecule has 160 valence electrons. The number of nitrogens with zero attached hydrogens (tertiary/aromatic N) is 3. The first-order chi connectivity index (χ1) is 14.0. The number of ether oxygens (including phenoxy) is 1. The summed E-state index contributed by atoms with van der Waals surface area (Å²) in [6.07, 6.45) is 0.409. The zero-order valence-electron chi connectivity index (χ0n) is 17.0. The molecule has 1 N–H and O–H groups in total. The highest BCUT2D eigenvalue weighted by Crippen LogP contribution is 2.31. The fraction of sp³-hybridized carbons (Fsp3) is 0.381. The van der Waals surface area contributed by atoms with Crippen LogP contribution in [0.5, 0.6) is 0 Å². The highest BCUT2D eigenvalue weighted by atomic mass is 19.4. The molecule has 30 heavy (non-hydrogen) atoms. The van der Waals surface area contributed by atoms with Crippen molar-refractivity contribution in [3.05, 3.63) is 54.0 Å². The normalized spacial score (nSPS) is 14.9. The average Bonchev–Trinajstić information content (AvgIpc) is 2.67. The van der Waals surface area contributed by atoms with Crippen molar-refractivity contribution >= 4 is 23.2 Å². The number of alkyl halides is 3. The summed E-state index contributed by atoms with van der Waals surface area (Å²) in [7, 11) is 0. The number of hydrogen-bond donors (Lipinski definition) is 1. The third-order valence-electron chi connectivity index (χ3n) is 4.33. The maximum Gasteiger partial charge on any atom is 0.433 e. The summed E-state index contributed by atoms with van der Waals surface area (Å²) in [5.74, 6) is 0.510. The van der Waals surface area contributed by atoms with E-state index in [9.17, 15) is 18.0 Å². The smallest absolute Gasteiger partial charge is 0.433 e. The lowest BCUT2D eigenvalue weighted by atomic mass is 10.00. The lowest BCUT2D eigenvalue weighted by Gasteiger charge is -2.30. The van der Waals surface area contributed by atoms with Crippen LogP contribution in [0.25, 0.3) is 5.57 Å². The Balaban J connectivity index is 1.74. The SMILES string of the molecule is CC(C)(C)OC(=O)N1CC=C(c2cccnc2Nc2ccc(C(F)(F)F)nc2)CC1. The summed E-state index contributed by atoms with van der Waals surface area (Å²) in [5, 5.41) is 3.03. The van der Waals surface area contributed by atoms with Gasteiger partial charge in [-0.25, -0.2) is 14.8 Å². The average molecular weight is 420 g/mol. The molecule has 1 amide bonds. The summed E-state index contributed by atoms with van der Waals surface area (Å²) in [5.41, 5.74) is 0.699. The fourth-order valence-corrected chi connectivity index (χ4v) is 2.94. The predicted molar refractivity (Wildman–Crippen MR) is 107 cm³/mol. The molecule has 0 bridgehead atoms. The van der Waals surface area contributed by atoms with Gasteiger partial charge >= 0.3 is 12.3 Å². The minimum Gasteiger partial charge on any atom is -0.444 e. The van der Waals surface area contributed by atoms with Crippen molar-refractivity contribution in [2.45, 2.75) is 39.0 Å². The van der Waals surface area contributed by atoms with Crippen LogP contribution < -0.4 is 5.32 Å². The van der Waals surface area contributed by atoms with Gasteiger partial charge in [-0.3, -0.25) is 0 Å². The molecule has 2 aromatic heterocycles. The van der Waals surface area contributed by atoms with Gasteiger partial charge in [-0.05, 0) is 57.0 Å². The molecular weight excluding hydrogens is 397 g/mol. The van der Waals surface area contributed by atoms with Gasteiger partial charge in [0.1, 0.15) is 17.1 Å². The van der Waals surface area contributed by atoms with Gasteiger partial charge in [-0.15, -0.1) is 0 Å². The number of pyridine rings is 2. The standard InChI is InChI=1S/C21H23F3N4O2/c1-20(2,3)30-19(29)28-11-8-14(9-12-28)16-5-4-10-25-18(16)27-15-6-7-17(26-13-15)21(22,23)24/h4-8,10,13H,9,11-12H2,1-3H3,(H,25,27). The van der Waals surface area contributed by atoms with E-state index in [1.165, 1.54) is 6.07 Å². The molecule has 1 aliphatic rings. The number of amides is 1. The second kappa shape index (κ2) is 8.33. The Morgan fingerprint density at radius 2 is 1.93 bits per heavy atom. The van der Waals surface area contributed by atoms with E-state index in [-0.39, 0.29) is 6.09 Å². The Morgan fingerprint density at radius 3 is 2.50 bits per heavy atom. The quantitative estimate of drug-likeness (QED) is 0.733. The number of carbonyl (C=O) groups is 1. The topological polar surface area (TPSA) is 67.3 Å². The fourth-order valence-electron chi connectivity index (χ4n) is 2.94. The lowest BCUT2D eigenvalue weighted by Crippen LogP contribution is -2.39. The number of rotatable bonds is 3. The molecular formula is C21H23F3N4O2. The van der Waals surface area contributed by atoms with Gasteiger partial charge < -0.3 is 15.0 Å². The second-order valence-electron chi connectivity index (χ2n) is 7.86. The number of carbonyl (C=O) groups excluding carboxylic acids is 1. The van der Waals surface area contributed by atoms with Crippen molar-refractivity contribution in [3.63, 3.8) is 0 Å². The molecule has 0 saturated heterocycles. The zero-order chi connectivity index (χ0) is 21.9. The molecule has 9 heteroatoms. The van der Waals surface area contributed by atoms with Crippen LogP contribution in [0.15, 0.2) is 42.7 Å². The molecule has 0 unspecified atom stereocenters. The van der Waals surface area contributed by atoms with Crippen LogP contribution in [0.2, 0.25) is 0 Å². The Hall–Kier alpha value is -3.10. The first-order valence-corrected chi connectivity index (χ1v) is 9.45. The van der Waals surface area contributed by atoms with Crippen LogP contribution in [-0.4, -0.2) is 39.7 Å². The van der Waals surface area contributed by atoms with Gasteiger partial charge in [0.15, 0.2) is 0 Å². The van der Waals surface area contributed by atoms with Gasteiger partial charge in [0.05, 0.1) is 11.9 Å². The van der Waals surface area contributed by atoms with Crippen molar-refractivity contribution in [2.75, 3.05) is 18.4 Å². The van der Waals surface area contributed by atoms with Crippen LogP contribution in [-0.2, 0) is 10.9 Å². The molecule has 0 aliphatic carbocycles. The van der Waals surface area contributed by atoms with E-state index in [1.807, 2.05) is 32.9 Å². The van der Waals surface area contributed by atoms with Crippen molar-refractivity contribution in [1.82, 2.24) is 14.9 Å². The van der Waals surface area contributed by atoms with Gasteiger partial charge in [0.25, 0.3) is 0 Å². The summed E-state index contributed by atoms with van der Waals surface area (Å²) >= 11 is 0. The molecule has 0 radical (unpaired) electrons. The number of nitrogens with one attached hydrogen (secondary N) is 1. The van der Waals surface area contributed by atoms with Gasteiger partial charge in [0, 0.05) is 24.8 Å². The molecule has 0 atom stereocenters. The van der Waals surface area contributed by atoms with E-state index in [4.69, 9.17) is 4.74 Å². The molecule has 0 aromatic carbocycles. The van der Waals surface area contributed by atoms with Gasteiger partial charge in [-0.1, -0.05) is 6.08 Å². The van der Waals surface area contributed by atoms with Crippen molar-refractivity contribution < 1.29 is 22.7 Å². The number of hydrogen-bond acceptors (Lipinski definition) is 5. The van der Waals surface area contributed by atoms with Crippen LogP contribution in [0.4, 0.5) is 29.5 Å². The minimum atomic E-state index is -4.48. The molecule has 6 nitrogen and oxygen atoms in total. The third-order valence-corrected chi connectivity index (χ3v) is 4.33. The van der Waals surface area contributed by atoms with E-state index in [0.29, 0.717) is 31.0 Å². The first-order valence-electron chi connectivity index (χ1n) is 9.45. The lowest BCUT2D eigenvalue weighted by molar-refractivity contribution is -0.141. The molecule has 2 aromatic rings. The van der Waals surface area contributed by atoms with E-state index in [0.717, 1.165) is 23.4 Å². The molecule has 0 saturated carbocycles. The summed E-state index contributed by atoms with van der Waals surface area (Å²) in [4.78, 5) is 21.6. The van der Waals surface area contributed by atoms with Crippen LogP contribution >= 0.6 is 0 Å². The summed E-state index contributed by atoms with van der Waals surface area (Å²) in [6.45, 7) is 6.36. The van der Waals surface area contributed by atoms with Gasteiger partial charge in [0.2, 0.25) is 0 Å². The largest absolute Gasteiger partial charge is 0.444 e. The van der Waals surface area contributed by atoms with E-state index in [1.54, 1.807) is 17.2 Å². The second-order valence-corrected chi connectivity index (χ2v) is 7.86. The van der Waals surface area contributed by atoms with Crippen molar-refractivity contribution in [3.8, 4) is 0 Å². The molecule has 0 fully saturated rings. The zero-order valence-corrected chi connectivity index (χ0v) is 17.0. The number of anilines is 2. The Kier molecular flexibility index (Phi) is 6.00. The van der Waals surface area contributed by atoms with E-state index < -0.39 is 17.5 Å². The van der Waals surface area contributed by atoms with Crippen LogP contribution in [0.3, 0.4) is 0 Å². The van der Waals surface area contributed by atoms with Crippen molar-refractivity contribution in [2.24, 2.45) is 0 Å². The highest BCUT2D eigenvalue weighted by Gasteiger charge is 2.32. The number of aromatic nitrogens is 2. The van der Waals surface area contributed by atoms with Gasteiger partial charge in [-0.2, -0.15) is 13.2 Å². The minimum absolute atomic E-state index is 0.363. The Labute approximate surface area is 172 Å². The van der Waals surface area contributed by atoms with Crippen LogP contribution in [0.1, 0.15) is 38.4 Å². The van der Waals surface area contributed by atoms with Crippen molar-refractivity contribution in [1.29, 1.82) is 0 Å². The van der Waals surface area contributed by atoms with E-state index >= 15 is 0 Å². The third kappa shape index (κ3) is 5.49. The molecule has 1 aliphatic heterocycles. The Bertz CT molecular complexity index is 935. The highest BCUT2D eigenvalue weighted by molar-refractivity contribution is 5.78.